The monoisotopic (exact) mass is 279 g/mol. The van der Waals surface area contributed by atoms with Gasteiger partial charge >= 0.3 is 5.97 Å². The van der Waals surface area contributed by atoms with Crippen molar-refractivity contribution >= 4 is 16.7 Å². The fourth-order valence-corrected chi connectivity index (χ4v) is 2.32. The number of carbonyl (C=O) groups excluding carboxylic acids is 1. The van der Waals surface area contributed by atoms with Crippen molar-refractivity contribution in [1.29, 1.82) is 0 Å². The maximum absolute atomic E-state index is 11.7. The van der Waals surface area contributed by atoms with Crippen LogP contribution in [0.2, 0.25) is 0 Å². The number of aromatic amines is 1. The summed E-state index contributed by atoms with van der Waals surface area (Å²) in [6.45, 7) is 0. The lowest BCUT2D eigenvalue weighted by Gasteiger charge is -2.06. The Labute approximate surface area is 121 Å². The molecule has 0 aliphatic heterocycles. The molecule has 4 nitrogen and oxygen atoms in total. The van der Waals surface area contributed by atoms with E-state index < -0.39 is 0 Å². The molecule has 0 aliphatic carbocycles. The second kappa shape index (κ2) is 5.25. The SMILES string of the molecule is COC(=O)c1cccc(-c2ccc3c(=O)[nH]ccc3c2)c1. The molecule has 2 aromatic carbocycles. The van der Waals surface area contributed by atoms with Gasteiger partial charge in [-0.1, -0.05) is 18.2 Å². The number of carbonyl (C=O) groups is 1. The van der Waals surface area contributed by atoms with E-state index in [4.69, 9.17) is 4.74 Å². The molecule has 104 valence electrons. The molecule has 0 radical (unpaired) electrons. The number of benzene rings is 2. The van der Waals surface area contributed by atoms with Crippen molar-refractivity contribution in [2.45, 2.75) is 0 Å². The minimum Gasteiger partial charge on any atom is -0.465 e. The van der Waals surface area contributed by atoms with Gasteiger partial charge < -0.3 is 9.72 Å². The number of hydrogen-bond donors (Lipinski definition) is 1. The highest BCUT2D eigenvalue weighted by atomic mass is 16.5. The second-order valence-electron chi connectivity index (χ2n) is 4.68. The topological polar surface area (TPSA) is 59.2 Å². The molecule has 3 rings (SSSR count). The number of H-pyrrole nitrogens is 1. The number of methoxy groups -OCH3 is 1. The molecule has 0 saturated carbocycles. The van der Waals surface area contributed by atoms with E-state index in [1.807, 2.05) is 30.3 Å². The highest BCUT2D eigenvalue weighted by molar-refractivity contribution is 5.92. The van der Waals surface area contributed by atoms with Crippen molar-refractivity contribution < 1.29 is 9.53 Å². The summed E-state index contributed by atoms with van der Waals surface area (Å²) in [7, 11) is 1.36. The summed E-state index contributed by atoms with van der Waals surface area (Å²) in [5.74, 6) is -0.367. The van der Waals surface area contributed by atoms with Crippen LogP contribution in [0.1, 0.15) is 10.4 Å². The lowest BCUT2D eigenvalue weighted by molar-refractivity contribution is 0.0601. The highest BCUT2D eigenvalue weighted by Gasteiger charge is 2.07. The largest absolute Gasteiger partial charge is 0.465 e. The smallest absolute Gasteiger partial charge is 0.337 e. The van der Waals surface area contributed by atoms with Crippen LogP contribution in [0.25, 0.3) is 21.9 Å². The van der Waals surface area contributed by atoms with Crippen LogP contribution in [0.5, 0.6) is 0 Å². The van der Waals surface area contributed by atoms with Gasteiger partial charge in [0.25, 0.3) is 5.56 Å². The van der Waals surface area contributed by atoms with E-state index in [1.54, 1.807) is 24.4 Å². The fourth-order valence-electron chi connectivity index (χ4n) is 2.32. The number of aromatic nitrogens is 1. The first-order valence-electron chi connectivity index (χ1n) is 6.49. The lowest BCUT2D eigenvalue weighted by Crippen LogP contribution is -2.04. The van der Waals surface area contributed by atoms with Crippen molar-refractivity contribution in [3.63, 3.8) is 0 Å². The van der Waals surface area contributed by atoms with E-state index in [0.717, 1.165) is 16.5 Å². The van der Waals surface area contributed by atoms with Crippen LogP contribution in [0.3, 0.4) is 0 Å². The van der Waals surface area contributed by atoms with Gasteiger partial charge in [0.2, 0.25) is 0 Å². The van der Waals surface area contributed by atoms with Gasteiger partial charge in [0.15, 0.2) is 0 Å². The molecule has 0 bridgehead atoms. The molecule has 21 heavy (non-hydrogen) atoms. The van der Waals surface area contributed by atoms with Gasteiger partial charge in [0, 0.05) is 11.6 Å². The van der Waals surface area contributed by atoms with Crippen LogP contribution in [-0.2, 0) is 4.74 Å². The molecule has 0 amide bonds. The molecular formula is C17H13NO3. The molecule has 0 atom stereocenters. The minimum absolute atomic E-state index is 0.109. The number of hydrogen-bond acceptors (Lipinski definition) is 3. The Bertz CT molecular complexity index is 880. The highest BCUT2D eigenvalue weighted by Crippen LogP contribution is 2.24. The molecule has 3 aromatic rings. The second-order valence-corrected chi connectivity index (χ2v) is 4.68. The average Bonchev–Trinajstić information content (AvgIpc) is 2.54. The van der Waals surface area contributed by atoms with Crippen molar-refractivity contribution in [1.82, 2.24) is 4.98 Å². The van der Waals surface area contributed by atoms with Crippen LogP contribution >= 0.6 is 0 Å². The Morgan fingerprint density at radius 3 is 2.67 bits per heavy atom. The van der Waals surface area contributed by atoms with E-state index >= 15 is 0 Å². The zero-order valence-corrected chi connectivity index (χ0v) is 11.4. The van der Waals surface area contributed by atoms with Crippen LogP contribution in [0.4, 0.5) is 0 Å². The van der Waals surface area contributed by atoms with Crippen LogP contribution in [0, 0.1) is 0 Å². The summed E-state index contributed by atoms with van der Waals surface area (Å²) < 4.78 is 4.73. The van der Waals surface area contributed by atoms with Gasteiger partial charge in [0.1, 0.15) is 0 Å². The van der Waals surface area contributed by atoms with Gasteiger partial charge in [-0.3, -0.25) is 4.79 Å². The van der Waals surface area contributed by atoms with Crippen molar-refractivity contribution in [3.8, 4) is 11.1 Å². The third-order valence-corrected chi connectivity index (χ3v) is 3.39. The van der Waals surface area contributed by atoms with Crippen molar-refractivity contribution in [3.05, 3.63) is 70.6 Å². The Balaban J connectivity index is 2.12. The average molecular weight is 279 g/mol. The Morgan fingerprint density at radius 2 is 1.86 bits per heavy atom. The first kappa shape index (κ1) is 13.1. The molecular weight excluding hydrogens is 266 g/mol. The van der Waals surface area contributed by atoms with Crippen molar-refractivity contribution in [2.75, 3.05) is 7.11 Å². The van der Waals surface area contributed by atoms with Crippen molar-refractivity contribution in [2.24, 2.45) is 0 Å². The normalized spacial score (nSPS) is 10.5. The molecule has 0 aliphatic rings. The molecule has 1 aromatic heterocycles. The fraction of sp³-hybridized carbons (Fsp3) is 0.0588. The van der Waals surface area contributed by atoms with E-state index in [-0.39, 0.29) is 11.5 Å². The molecule has 0 saturated heterocycles. The van der Waals surface area contributed by atoms with E-state index in [9.17, 15) is 9.59 Å². The van der Waals surface area contributed by atoms with Crippen LogP contribution in [-0.4, -0.2) is 18.1 Å². The summed E-state index contributed by atoms with van der Waals surface area (Å²) in [6.07, 6.45) is 1.62. The van der Waals surface area contributed by atoms with Gasteiger partial charge in [-0.25, -0.2) is 4.79 Å². The van der Waals surface area contributed by atoms with Gasteiger partial charge in [-0.05, 0) is 46.8 Å². The molecule has 1 heterocycles. The standard InChI is InChI=1S/C17H13NO3/c1-21-17(20)14-4-2-3-11(10-14)12-5-6-15-13(9-12)7-8-18-16(15)19/h2-10H,1H3,(H,18,19). The number of nitrogens with one attached hydrogen (secondary N) is 1. The maximum atomic E-state index is 11.7. The predicted molar refractivity (Wildman–Crippen MR) is 81.3 cm³/mol. The summed E-state index contributed by atoms with van der Waals surface area (Å²) in [5, 5.41) is 1.50. The number of fused-ring (bicyclic) bond motifs is 1. The Hall–Kier alpha value is -2.88. The quantitative estimate of drug-likeness (QED) is 0.734. The Morgan fingerprint density at radius 1 is 1.05 bits per heavy atom. The summed E-state index contributed by atoms with van der Waals surface area (Å²) in [6, 6.07) is 14.7. The lowest BCUT2D eigenvalue weighted by atomic mass is 10.0. The summed E-state index contributed by atoms with van der Waals surface area (Å²) in [5.41, 5.74) is 2.24. The zero-order valence-electron chi connectivity index (χ0n) is 11.4. The number of esters is 1. The first-order valence-corrected chi connectivity index (χ1v) is 6.49. The zero-order chi connectivity index (χ0) is 14.8. The molecule has 0 unspecified atom stereocenters. The van der Waals surface area contributed by atoms with E-state index in [2.05, 4.69) is 4.98 Å². The van der Waals surface area contributed by atoms with Gasteiger partial charge in [0.05, 0.1) is 12.7 Å². The van der Waals surface area contributed by atoms with E-state index in [0.29, 0.717) is 10.9 Å². The third-order valence-electron chi connectivity index (χ3n) is 3.39. The molecule has 4 heteroatoms. The van der Waals surface area contributed by atoms with Crippen LogP contribution in [0.15, 0.2) is 59.5 Å². The molecule has 0 fully saturated rings. The number of ether oxygens (including phenoxy) is 1. The number of rotatable bonds is 2. The minimum atomic E-state index is -0.367. The van der Waals surface area contributed by atoms with Gasteiger partial charge in [-0.2, -0.15) is 0 Å². The summed E-state index contributed by atoms with van der Waals surface area (Å²) >= 11 is 0. The molecule has 1 N–H and O–H groups in total. The van der Waals surface area contributed by atoms with Crippen LogP contribution < -0.4 is 5.56 Å². The third kappa shape index (κ3) is 2.43. The maximum Gasteiger partial charge on any atom is 0.337 e. The predicted octanol–water partition coefficient (Wildman–Crippen LogP) is 2.98. The first-order chi connectivity index (χ1) is 10.2. The summed E-state index contributed by atoms with van der Waals surface area (Å²) in [4.78, 5) is 25.9. The van der Waals surface area contributed by atoms with Gasteiger partial charge in [-0.15, -0.1) is 0 Å². The number of pyridine rings is 1. The van der Waals surface area contributed by atoms with E-state index in [1.165, 1.54) is 7.11 Å². The molecule has 0 spiro atoms. The Kier molecular flexibility index (Phi) is 3.28.